The normalized spacial score (nSPS) is 11.8. The molecule has 31 heavy (non-hydrogen) atoms. The summed E-state index contributed by atoms with van der Waals surface area (Å²) >= 11 is 0. The molecule has 0 aliphatic rings. The zero-order valence-corrected chi connectivity index (χ0v) is 16.7. The summed E-state index contributed by atoms with van der Waals surface area (Å²) < 4.78 is 84.5. The molecular formula is C20H19F6N3O2. The Morgan fingerprint density at radius 1 is 1.03 bits per heavy atom. The molecule has 2 N–H and O–H groups in total. The van der Waals surface area contributed by atoms with Crippen LogP contribution in [0.4, 0.5) is 32.3 Å². The number of ether oxygens (including phenoxy) is 1. The largest absolute Gasteiger partial charge is 0.465 e. The number of carbonyl (C=O) groups excluding carboxylic acids is 1. The van der Waals surface area contributed by atoms with Crippen LogP contribution in [0.1, 0.15) is 40.9 Å². The molecule has 0 fully saturated rings. The van der Waals surface area contributed by atoms with E-state index in [0.29, 0.717) is 11.6 Å². The van der Waals surface area contributed by atoms with Crippen LogP contribution in [-0.4, -0.2) is 22.6 Å². The minimum atomic E-state index is -5.01. The summed E-state index contributed by atoms with van der Waals surface area (Å²) in [5.74, 6) is -0.834. The SMILES string of the molecule is CC.COC(=O)c1ccc2nc(N)n(Cc3ccc(C(F)(F)F)cc3C(F)(F)F)c2c1. The van der Waals surface area contributed by atoms with Crippen molar-refractivity contribution in [2.45, 2.75) is 32.7 Å². The molecule has 168 valence electrons. The van der Waals surface area contributed by atoms with Gasteiger partial charge in [0.2, 0.25) is 5.95 Å². The van der Waals surface area contributed by atoms with E-state index in [1.807, 2.05) is 13.8 Å². The quantitative estimate of drug-likeness (QED) is 0.424. The molecule has 0 radical (unpaired) electrons. The van der Waals surface area contributed by atoms with E-state index < -0.39 is 41.6 Å². The van der Waals surface area contributed by atoms with Crippen molar-refractivity contribution in [3.8, 4) is 0 Å². The second-order valence-corrected chi connectivity index (χ2v) is 6.12. The number of halogens is 6. The molecule has 0 amide bonds. The minimum absolute atomic E-state index is 0.0600. The number of nitrogen functional groups attached to an aromatic ring is 1. The van der Waals surface area contributed by atoms with Crippen LogP contribution < -0.4 is 5.73 Å². The number of imidazole rings is 1. The molecule has 0 atom stereocenters. The second kappa shape index (κ2) is 8.86. The standard InChI is InChI=1S/C18H13F6N3O2.C2H6/c1-29-15(28)9-3-5-13-14(6-9)27(16(25)26-13)8-10-2-4-11(17(19,20)21)7-12(10)18(22,23)24;1-2/h2-7H,8H2,1H3,(H2,25,26);1-2H3. The smallest absolute Gasteiger partial charge is 0.416 e. The van der Waals surface area contributed by atoms with Crippen molar-refractivity contribution in [3.05, 3.63) is 58.7 Å². The molecule has 0 saturated carbocycles. The van der Waals surface area contributed by atoms with Crippen molar-refractivity contribution >= 4 is 23.0 Å². The van der Waals surface area contributed by atoms with Gasteiger partial charge in [-0.2, -0.15) is 26.3 Å². The van der Waals surface area contributed by atoms with E-state index in [2.05, 4.69) is 9.72 Å². The topological polar surface area (TPSA) is 70.1 Å². The van der Waals surface area contributed by atoms with Crippen LogP contribution in [0.5, 0.6) is 0 Å². The van der Waals surface area contributed by atoms with Crippen LogP contribution in [0.2, 0.25) is 0 Å². The van der Waals surface area contributed by atoms with Gasteiger partial charge in [0.1, 0.15) is 0 Å². The Kier molecular flexibility index (Phi) is 6.87. The molecule has 0 saturated heterocycles. The van der Waals surface area contributed by atoms with Crippen LogP contribution in [0.25, 0.3) is 11.0 Å². The first-order valence-corrected chi connectivity index (χ1v) is 9.03. The van der Waals surface area contributed by atoms with Gasteiger partial charge < -0.3 is 15.0 Å². The summed E-state index contributed by atoms with van der Waals surface area (Å²) in [6, 6.07) is 5.56. The lowest BCUT2D eigenvalue weighted by molar-refractivity contribution is -0.143. The second-order valence-electron chi connectivity index (χ2n) is 6.12. The van der Waals surface area contributed by atoms with Gasteiger partial charge in [-0.1, -0.05) is 19.9 Å². The maximum atomic E-state index is 13.4. The number of hydrogen-bond donors (Lipinski definition) is 1. The zero-order chi connectivity index (χ0) is 23.6. The average molecular weight is 447 g/mol. The Hall–Kier alpha value is -3.24. The third-order valence-corrected chi connectivity index (χ3v) is 4.27. The van der Waals surface area contributed by atoms with Crippen LogP contribution in [-0.2, 0) is 23.6 Å². The zero-order valence-electron chi connectivity index (χ0n) is 16.7. The summed E-state index contributed by atoms with van der Waals surface area (Å²) in [5, 5.41) is 0. The van der Waals surface area contributed by atoms with Gasteiger partial charge in [-0.15, -0.1) is 0 Å². The lowest BCUT2D eigenvalue weighted by Crippen LogP contribution is -2.15. The Morgan fingerprint density at radius 2 is 1.68 bits per heavy atom. The monoisotopic (exact) mass is 447 g/mol. The van der Waals surface area contributed by atoms with Gasteiger partial charge >= 0.3 is 18.3 Å². The fourth-order valence-corrected chi connectivity index (χ4v) is 2.88. The van der Waals surface area contributed by atoms with Crippen LogP contribution in [0.15, 0.2) is 36.4 Å². The summed E-state index contributed by atoms with van der Waals surface area (Å²) in [6.45, 7) is 3.50. The molecule has 0 unspecified atom stereocenters. The van der Waals surface area contributed by atoms with Gasteiger partial charge in [-0.25, -0.2) is 9.78 Å². The van der Waals surface area contributed by atoms with E-state index in [1.165, 1.54) is 22.8 Å². The highest BCUT2D eigenvalue weighted by Crippen LogP contribution is 2.38. The number of benzene rings is 2. The first-order valence-electron chi connectivity index (χ1n) is 9.03. The number of nitrogens with zero attached hydrogens (tertiary/aromatic N) is 2. The number of rotatable bonds is 3. The van der Waals surface area contributed by atoms with Crippen molar-refractivity contribution in [2.24, 2.45) is 0 Å². The number of fused-ring (bicyclic) bond motifs is 1. The van der Waals surface area contributed by atoms with Gasteiger partial charge in [-0.3, -0.25) is 0 Å². The third-order valence-electron chi connectivity index (χ3n) is 4.27. The van der Waals surface area contributed by atoms with E-state index >= 15 is 0 Å². The Labute approximate surface area is 173 Å². The van der Waals surface area contributed by atoms with E-state index in [0.717, 1.165) is 13.2 Å². The van der Waals surface area contributed by atoms with E-state index in [9.17, 15) is 31.1 Å². The number of anilines is 1. The third kappa shape index (κ3) is 5.09. The minimum Gasteiger partial charge on any atom is -0.465 e. The Balaban J connectivity index is 0.00000166. The summed E-state index contributed by atoms with van der Waals surface area (Å²) in [7, 11) is 1.16. The van der Waals surface area contributed by atoms with Gasteiger partial charge in [0.05, 0.1) is 41.4 Å². The lowest BCUT2D eigenvalue weighted by Gasteiger charge is -2.17. The van der Waals surface area contributed by atoms with Gasteiger partial charge in [0.15, 0.2) is 0 Å². The summed E-state index contributed by atoms with van der Waals surface area (Å²) in [5.41, 5.74) is 3.17. The molecule has 1 aromatic heterocycles. The highest BCUT2D eigenvalue weighted by Gasteiger charge is 2.38. The highest BCUT2D eigenvalue weighted by atomic mass is 19.4. The van der Waals surface area contributed by atoms with Gasteiger partial charge in [-0.05, 0) is 35.9 Å². The number of alkyl halides is 6. The highest BCUT2D eigenvalue weighted by molar-refractivity contribution is 5.94. The van der Waals surface area contributed by atoms with Crippen LogP contribution in [0, 0.1) is 0 Å². The molecule has 11 heteroatoms. The average Bonchev–Trinajstić information content (AvgIpc) is 3.02. The molecule has 3 aromatic rings. The first kappa shape index (κ1) is 24.0. The van der Waals surface area contributed by atoms with Crippen molar-refractivity contribution in [1.29, 1.82) is 0 Å². The molecule has 3 rings (SSSR count). The fourth-order valence-electron chi connectivity index (χ4n) is 2.88. The fraction of sp³-hybridized carbons (Fsp3) is 0.300. The van der Waals surface area contributed by atoms with Crippen molar-refractivity contribution < 1.29 is 35.9 Å². The number of hydrogen-bond acceptors (Lipinski definition) is 4. The Bertz CT molecular complexity index is 1090. The number of carbonyl (C=O) groups is 1. The van der Waals surface area contributed by atoms with Crippen LogP contribution in [0.3, 0.4) is 0 Å². The van der Waals surface area contributed by atoms with Crippen LogP contribution >= 0.6 is 0 Å². The number of aromatic nitrogens is 2. The van der Waals surface area contributed by atoms with Crippen molar-refractivity contribution in [3.63, 3.8) is 0 Å². The number of nitrogens with two attached hydrogens (primary N) is 1. The molecule has 1 heterocycles. The maximum absolute atomic E-state index is 13.4. The maximum Gasteiger partial charge on any atom is 0.416 e. The first-order chi connectivity index (χ1) is 14.4. The Morgan fingerprint density at radius 3 is 2.23 bits per heavy atom. The number of esters is 1. The number of methoxy groups -OCH3 is 1. The molecule has 0 aliphatic heterocycles. The van der Waals surface area contributed by atoms with E-state index in [4.69, 9.17) is 5.73 Å². The van der Waals surface area contributed by atoms with Gasteiger partial charge in [0, 0.05) is 0 Å². The molecule has 2 aromatic carbocycles. The summed E-state index contributed by atoms with van der Waals surface area (Å²) in [4.78, 5) is 15.7. The summed E-state index contributed by atoms with van der Waals surface area (Å²) in [6.07, 6.45) is -9.94. The van der Waals surface area contributed by atoms with Crippen molar-refractivity contribution in [1.82, 2.24) is 9.55 Å². The van der Waals surface area contributed by atoms with E-state index in [-0.39, 0.29) is 23.1 Å². The molecule has 0 spiro atoms. The van der Waals surface area contributed by atoms with Crippen molar-refractivity contribution in [2.75, 3.05) is 12.8 Å². The molecular weight excluding hydrogens is 428 g/mol. The molecule has 0 bridgehead atoms. The molecule has 0 aliphatic carbocycles. The molecule has 5 nitrogen and oxygen atoms in total. The lowest BCUT2D eigenvalue weighted by atomic mass is 10.0. The predicted octanol–water partition coefficient (Wildman–Crippen LogP) is 5.52. The van der Waals surface area contributed by atoms with Gasteiger partial charge in [0.25, 0.3) is 0 Å². The predicted molar refractivity (Wildman–Crippen MR) is 102 cm³/mol. The van der Waals surface area contributed by atoms with E-state index in [1.54, 1.807) is 0 Å².